The number of amides is 2. The van der Waals surface area contributed by atoms with Gasteiger partial charge in [0.15, 0.2) is 0 Å². The number of aromatic amines is 1. The number of fused-ring (bicyclic) bond motifs is 1. The number of aromatic nitrogens is 1. The SMILES string of the molecule is Cc1cc[nH]c1CN1CCC(N2Cc3cccc(C(N)=O)c3C2=O)CC1. The Morgan fingerprint density at radius 1 is 1.27 bits per heavy atom. The number of hydrogen-bond donors (Lipinski definition) is 2. The number of H-pyrrole nitrogens is 1. The van der Waals surface area contributed by atoms with Crippen molar-refractivity contribution >= 4 is 11.8 Å². The second-order valence-corrected chi connectivity index (χ2v) is 7.28. The summed E-state index contributed by atoms with van der Waals surface area (Å²) in [5.41, 5.74) is 9.76. The molecule has 0 atom stereocenters. The molecule has 1 saturated heterocycles. The molecular formula is C20H24N4O2. The van der Waals surface area contributed by atoms with Crippen LogP contribution in [-0.4, -0.2) is 45.7 Å². The van der Waals surface area contributed by atoms with Gasteiger partial charge in [-0.3, -0.25) is 14.5 Å². The number of nitrogens with one attached hydrogen (secondary N) is 1. The van der Waals surface area contributed by atoms with Gasteiger partial charge in [-0.25, -0.2) is 0 Å². The largest absolute Gasteiger partial charge is 0.366 e. The van der Waals surface area contributed by atoms with Crippen molar-refractivity contribution in [3.63, 3.8) is 0 Å². The van der Waals surface area contributed by atoms with Crippen LogP contribution in [0.4, 0.5) is 0 Å². The molecule has 26 heavy (non-hydrogen) atoms. The number of carbonyl (C=O) groups excluding carboxylic acids is 2. The third-order valence-corrected chi connectivity index (χ3v) is 5.68. The molecule has 1 aromatic heterocycles. The van der Waals surface area contributed by atoms with E-state index < -0.39 is 5.91 Å². The van der Waals surface area contributed by atoms with Crippen LogP contribution in [0.25, 0.3) is 0 Å². The zero-order valence-corrected chi connectivity index (χ0v) is 15.0. The molecule has 2 amide bonds. The van der Waals surface area contributed by atoms with Gasteiger partial charge in [-0.15, -0.1) is 0 Å². The second kappa shape index (κ2) is 6.61. The summed E-state index contributed by atoms with van der Waals surface area (Å²) in [5.74, 6) is -0.582. The average molecular weight is 352 g/mol. The van der Waals surface area contributed by atoms with Gasteiger partial charge in [-0.1, -0.05) is 12.1 Å². The van der Waals surface area contributed by atoms with E-state index in [0.717, 1.165) is 38.0 Å². The van der Waals surface area contributed by atoms with Crippen LogP contribution < -0.4 is 5.73 Å². The quantitative estimate of drug-likeness (QED) is 0.883. The van der Waals surface area contributed by atoms with Gasteiger partial charge in [-0.2, -0.15) is 0 Å². The van der Waals surface area contributed by atoms with Crippen LogP contribution in [0.5, 0.6) is 0 Å². The monoisotopic (exact) mass is 352 g/mol. The van der Waals surface area contributed by atoms with Crippen molar-refractivity contribution in [1.82, 2.24) is 14.8 Å². The van der Waals surface area contributed by atoms with Gasteiger partial charge >= 0.3 is 0 Å². The normalized spacial score (nSPS) is 18.3. The van der Waals surface area contributed by atoms with E-state index >= 15 is 0 Å². The molecule has 0 radical (unpaired) electrons. The number of carbonyl (C=O) groups is 2. The Balaban J connectivity index is 1.43. The lowest BCUT2D eigenvalue weighted by Crippen LogP contribution is -2.44. The van der Waals surface area contributed by atoms with Crippen LogP contribution in [0.3, 0.4) is 0 Å². The second-order valence-electron chi connectivity index (χ2n) is 7.28. The molecule has 1 fully saturated rings. The lowest BCUT2D eigenvalue weighted by molar-refractivity contribution is 0.0587. The highest BCUT2D eigenvalue weighted by atomic mass is 16.2. The molecule has 0 saturated carbocycles. The zero-order chi connectivity index (χ0) is 18.3. The molecule has 0 unspecified atom stereocenters. The number of rotatable bonds is 4. The fraction of sp³-hybridized carbons (Fsp3) is 0.400. The maximum Gasteiger partial charge on any atom is 0.255 e. The standard InChI is InChI=1S/C20H24N4O2/c1-13-5-8-22-17(13)12-23-9-6-15(7-10-23)24-11-14-3-2-4-16(19(21)25)18(14)20(24)26/h2-5,8,15,22H,6-7,9-12H2,1H3,(H2,21,25). The van der Waals surface area contributed by atoms with Crippen molar-refractivity contribution < 1.29 is 9.59 Å². The summed E-state index contributed by atoms with van der Waals surface area (Å²) < 4.78 is 0. The average Bonchev–Trinajstić information content (AvgIpc) is 3.19. The van der Waals surface area contributed by atoms with Gasteiger partial charge in [-0.05, 0) is 43.0 Å². The number of likely N-dealkylation sites (tertiary alicyclic amines) is 1. The minimum absolute atomic E-state index is 0.0481. The van der Waals surface area contributed by atoms with Gasteiger partial charge in [0.2, 0.25) is 5.91 Å². The summed E-state index contributed by atoms with van der Waals surface area (Å²) in [5, 5.41) is 0. The summed E-state index contributed by atoms with van der Waals surface area (Å²) in [6.45, 7) is 5.55. The number of nitrogens with two attached hydrogens (primary N) is 1. The predicted molar refractivity (Wildman–Crippen MR) is 98.7 cm³/mol. The molecule has 2 aliphatic rings. The van der Waals surface area contributed by atoms with E-state index in [9.17, 15) is 9.59 Å². The van der Waals surface area contributed by atoms with E-state index in [2.05, 4.69) is 22.9 Å². The molecule has 4 rings (SSSR count). The molecular weight excluding hydrogens is 328 g/mol. The first-order chi connectivity index (χ1) is 12.5. The Hall–Kier alpha value is -2.60. The van der Waals surface area contributed by atoms with Crippen LogP contribution in [0.2, 0.25) is 0 Å². The summed E-state index contributed by atoms with van der Waals surface area (Å²) in [6, 6.07) is 7.68. The molecule has 2 aromatic rings. The zero-order valence-electron chi connectivity index (χ0n) is 15.0. The van der Waals surface area contributed by atoms with Gasteiger partial charge in [0, 0.05) is 44.1 Å². The number of primary amides is 1. The highest BCUT2D eigenvalue weighted by Gasteiger charge is 2.36. The van der Waals surface area contributed by atoms with Crippen LogP contribution >= 0.6 is 0 Å². The van der Waals surface area contributed by atoms with E-state index in [1.807, 2.05) is 17.2 Å². The minimum atomic E-state index is -0.534. The Kier molecular flexibility index (Phi) is 4.28. The number of hydrogen-bond acceptors (Lipinski definition) is 3. The number of aryl methyl sites for hydroxylation is 1. The van der Waals surface area contributed by atoms with E-state index in [-0.39, 0.29) is 11.9 Å². The van der Waals surface area contributed by atoms with Gasteiger partial charge in [0.1, 0.15) is 0 Å². The Bertz CT molecular complexity index is 849. The minimum Gasteiger partial charge on any atom is -0.366 e. The first-order valence-corrected chi connectivity index (χ1v) is 9.12. The summed E-state index contributed by atoms with van der Waals surface area (Å²) >= 11 is 0. The van der Waals surface area contributed by atoms with Crippen LogP contribution in [0.1, 0.15) is 50.4 Å². The summed E-state index contributed by atoms with van der Waals surface area (Å²) in [6.07, 6.45) is 3.88. The molecule has 3 heterocycles. The third-order valence-electron chi connectivity index (χ3n) is 5.68. The smallest absolute Gasteiger partial charge is 0.255 e. The van der Waals surface area contributed by atoms with E-state index in [0.29, 0.717) is 17.7 Å². The number of nitrogens with zero attached hydrogens (tertiary/aromatic N) is 2. The van der Waals surface area contributed by atoms with Crippen LogP contribution in [0.15, 0.2) is 30.5 Å². The van der Waals surface area contributed by atoms with Gasteiger partial charge < -0.3 is 15.6 Å². The lowest BCUT2D eigenvalue weighted by Gasteiger charge is -2.36. The Morgan fingerprint density at radius 2 is 2.04 bits per heavy atom. The molecule has 136 valence electrons. The molecule has 0 spiro atoms. The number of piperidine rings is 1. The topological polar surface area (TPSA) is 82.4 Å². The fourth-order valence-corrected chi connectivity index (χ4v) is 4.15. The molecule has 3 N–H and O–H groups in total. The maximum atomic E-state index is 12.9. The van der Waals surface area contributed by atoms with E-state index in [1.54, 1.807) is 12.1 Å². The highest BCUT2D eigenvalue weighted by molar-refractivity contribution is 6.09. The van der Waals surface area contributed by atoms with Crippen molar-refractivity contribution in [2.45, 2.75) is 38.9 Å². The molecule has 6 nitrogen and oxygen atoms in total. The molecule has 0 aliphatic carbocycles. The summed E-state index contributed by atoms with van der Waals surface area (Å²) in [4.78, 5) is 32.2. The van der Waals surface area contributed by atoms with E-state index in [4.69, 9.17) is 5.73 Å². The third kappa shape index (κ3) is 2.90. The van der Waals surface area contributed by atoms with Crippen molar-refractivity contribution in [2.75, 3.05) is 13.1 Å². The Labute approximate surface area is 153 Å². The van der Waals surface area contributed by atoms with Crippen molar-refractivity contribution in [1.29, 1.82) is 0 Å². The molecule has 6 heteroatoms. The van der Waals surface area contributed by atoms with Crippen molar-refractivity contribution in [3.05, 3.63) is 58.4 Å². The molecule has 1 aromatic carbocycles. The fourth-order valence-electron chi connectivity index (χ4n) is 4.15. The van der Waals surface area contributed by atoms with E-state index in [1.165, 1.54) is 11.3 Å². The Morgan fingerprint density at radius 3 is 2.69 bits per heavy atom. The van der Waals surface area contributed by atoms with Crippen LogP contribution in [0, 0.1) is 6.92 Å². The van der Waals surface area contributed by atoms with Gasteiger partial charge in [0.05, 0.1) is 11.1 Å². The van der Waals surface area contributed by atoms with Crippen molar-refractivity contribution in [3.8, 4) is 0 Å². The first kappa shape index (κ1) is 16.8. The number of benzene rings is 1. The molecule has 0 bridgehead atoms. The van der Waals surface area contributed by atoms with Crippen molar-refractivity contribution in [2.24, 2.45) is 5.73 Å². The lowest BCUT2D eigenvalue weighted by atomic mass is 10.0. The first-order valence-electron chi connectivity index (χ1n) is 9.12. The maximum absolute atomic E-state index is 12.9. The summed E-state index contributed by atoms with van der Waals surface area (Å²) in [7, 11) is 0. The van der Waals surface area contributed by atoms with Gasteiger partial charge in [0.25, 0.3) is 5.91 Å². The highest BCUT2D eigenvalue weighted by Crippen LogP contribution is 2.30. The molecule has 2 aliphatic heterocycles. The van der Waals surface area contributed by atoms with Crippen LogP contribution in [-0.2, 0) is 13.1 Å². The predicted octanol–water partition coefficient (Wildman–Crippen LogP) is 2.04.